The van der Waals surface area contributed by atoms with E-state index in [1.807, 2.05) is 37.4 Å². The molecular formula is C27H29N3O3S2. The number of rotatable bonds is 8. The van der Waals surface area contributed by atoms with Gasteiger partial charge in [0.1, 0.15) is 17.1 Å². The number of carbonyl (C=O) groups excluding carboxylic acids is 1. The topological polar surface area (TPSA) is 73.3 Å². The van der Waals surface area contributed by atoms with Crippen molar-refractivity contribution in [3.63, 3.8) is 0 Å². The number of benzene rings is 1. The summed E-state index contributed by atoms with van der Waals surface area (Å²) >= 11 is 3.18. The van der Waals surface area contributed by atoms with E-state index in [1.54, 1.807) is 36.0 Å². The summed E-state index contributed by atoms with van der Waals surface area (Å²) in [5, 5.41) is 5.97. The number of hydrogen-bond donors (Lipinski definition) is 1. The van der Waals surface area contributed by atoms with Gasteiger partial charge in [-0.3, -0.25) is 0 Å². The van der Waals surface area contributed by atoms with E-state index in [-0.39, 0.29) is 0 Å². The van der Waals surface area contributed by atoms with Crippen molar-refractivity contribution >= 4 is 39.6 Å². The van der Waals surface area contributed by atoms with Gasteiger partial charge in [-0.25, -0.2) is 14.8 Å². The van der Waals surface area contributed by atoms with Crippen molar-refractivity contribution in [2.24, 2.45) is 5.92 Å². The summed E-state index contributed by atoms with van der Waals surface area (Å²) in [6.07, 6.45) is 2.66. The zero-order valence-electron chi connectivity index (χ0n) is 20.8. The number of thiazole rings is 1. The minimum Gasteiger partial charge on any atom is -0.496 e. The van der Waals surface area contributed by atoms with Crippen LogP contribution in [0, 0.1) is 19.8 Å². The number of carbonyl (C=O) groups is 1. The Hall–Kier alpha value is -3.23. The average Bonchev–Trinajstić information content (AvgIpc) is 3.49. The third-order valence-corrected chi connectivity index (χ3v) is 7.46. The van der Waals surface area contributed by atoms with Crippen LogP contribution < -0.4 is 10.1 Å². The van der Waals surface area contributed by atoms with Gasteiger partial charge in [-0.1, -0.05) is 19.9 Å². The predicted octanol–water partition coefficient (Wildman–Crippen LogP) is 7.29. The van der Waals surface area contributed by atoms with Crippen LogP contribution in [0.4, 0.5) is 10.9 Å². The van der Waals surface area contributed by atoms with Crippen molar-refractivity contribution in [1.82, 2.24) is 9.97 Å². The maximum atomic E-state index is 12.6. The van der Waals surface area contributed by atoms with Crippen LogP contribution in [0.15, 0.2) is 41.9 Å². The second-order valence-electron chi connectivity index (χ2n) is 8.75. The molecule has 0 fully saturated rings. The molecule has 35 heavy (non-hydrogen) atoms. The van der Waals surface area contributed by atoms with E-state index < -0.39 is 5.97 Å². The minimum atomic E-state index is -0.445. The average molecular weight is 508 g/mol. The first-order valence-electron chi connectivity index (χ1n) is 11.3. The van der Waals surface area contributed by atoms with Gasteiger partial charge in [0.15, 0.2) is 5.13 Å². The summed E-state index contributed by atoms with van der Waals surface area (Å²) in [5.74, 6) is 1.34. The Morgan fingerprint density at radius 1 is 1.11 bits per heavy atom. The summed E-state index contributed by atoms with van der Waals surface area (Å²) in [7, 11) is 3.07. The summed E-state index contributed by atoms with van der Waals surface area (Å²) in [4.78, 5) is 24.3. The molecule has 0 saturated carbocycles. The molecule has 0 spiro atoms. The van der Waals surface area contributed by atoms with E-state index in [4.69, 9.17) is 14.5 Å². The Kier molecular flexibility index (Phi) is 7.52. The van der Waals surface area contributed by atoms with Gasteiger partial charge in [0.05, 0.1) is 19.9 Å². The van der Waals surface area contributed by atoms with Gasteiger partial charge in [0.2, 0.25) is 0 Å². The van der Waals surface area contributed by atoms with Gasteiger partial charge in [0, 0.05) is 27.1 Å². The third-order valence-electron chi connectivity index (χ3n) is 5.55. The second-order valence-corrected chi connectivity index (χ2v) is 10.8. The van der Waals surface area contributed by atoms with Crippen molar-refractivity contribution in [2.75, 3.05) is 19.5 Å². The van der Waals surface area contributed by atoms with Crippen LogP contribution in [0.1, 0.15) is 40.2 Å². The molecule has 0 aliphatic carbocycles. The number of methoxy groups -OCH3 is 2. The summed E-state index contributed by atoms with van der Waals surface area (Å²) in [5.41, 5.74) is 5.37. The molecule has 1 N–H and O–H groups in total. The first-order valence-corrected chi connectivity index (χ1v) is 13.0. The lowest BCUT2D eigenvalue weighted by atomic mass is 10.0. The fraction of sp³-hybridized carbons (Fsp3) is 0.296. The molecule has 0 radical (unpaired) electrons. The number of nitrogens with one attached hydrogen (secondary N) is 1. The van der Waals surface area contributed by atoms with E-state index in [2.05, 4.69) is 36.3 Å². The van der Waals surface area contributed by atoms with E-state index in [9.17, 15) is 4.79 Å². The number of esters is 1. The Morgan fingerprint density at radius 2 is 1.86 bits per heavy atom. The van der Waals surface area contributed by atoms with Crippen molar-refractivity contribution in [3.8, 4) is 27.4 Å². The highest BCUT2D eigenvalue weighted by molar-refractivity contribution is 7.16. The first-order chi connectivity index (χ1) is 16.8. The van der Waals surface area contributed by atoms with Crippen molar-refractivity contribution in [1.29, 1.82) is 0 Å². The van der Waals surface area contributed by atoms with Crippen LogP contribution in [0.25, 0.3) is 21.7 Å². The fourth-order valence-electron chi connectivity index (χ4n) is 4.06. The lowest BCUT2D eigenvalue weighted by Crippen LogP contribution is -2.07. The Morgan fingerprint density at radius 3 is 2.46 bits per heavy atom. The van der Waals surface area contributed by atoms with E-state index >= 15 is 0 Å². The van der Waals surface area contributed by atoms with Gasteiger partial charge in [0.25, 0.3) is 0 Å². The predicted molar refractivity (Wildman–Crippen MR) is 144 cm³/mol. The number of thiophene rings is 1. The highest BCUT2D eigenvalue weighted by Gasteiger charge is 2.20. The van der Waals surface area contributed by atoms with Crippen LogP contribution in [0.5, 0.6) is 5.75 Å². The van der Waals surface area contributed by atoms with E-state index in [0.29, 0.717) is 22.4 Å². The summed E-state index contributed by atoms with van der Waals surface area (Å²) < 4.78 is 10.6. The standard InChI is InChI=1S/C27H29N3O3S2/c1-15(2)10-22-23(18-11-16(3)24(32-5)17(4)12-18)29-27(35-22)30-25-20(26(31)33-6)13-19(14-28-25)21-8-7-9-34-21/h7-9,11-15H,10H2,1-6H3,(H,28,29,30). The normalized spacial score (nSPS) is 11.1. The molecular weight excluding hydrogens is 478 g/mol. The molecule has 8 heteroatoms. The lowest BCUT2D eigenvalue weighted by molar-refractivity contribution is 0.0601. The molecule has 0 atom stereocenters. The molecule has 4 rings (SSSR count). The SMILES string of the molecule is COC(=O)c1cc(-c2cccs2)cnc1Nc1nc(-c2cc(C)c(OC)c(C)c2)c(CC(C)C)s1. The lowest BCUT2D eigenvalue weighted by Gasteiger charge is -2.12. The Labute approximate surface area is 214 Å². The summed E-state index contributed by atoms with van der Waals surface area (Å²) in [6.45, 7) is 8.48. The van der Waals surface area contributed by atoms with Crippen LogP contribution in [-0.4, -0.2) is 30.2 Å². The number of pyridine rings is 1. The van der Waals surface area contributed by atoms with Crippen molar-refractivity contribution in [2.45, 2.75) is 34.1 Å². The number of nitrogens with zero attached hydrogens (tertiary/aromatic N) is 2. The third kappa shape index (κ3) is 5.39. The van der Waals surface area contributed by atoms with Crippen LogP contribution in [0.3, 0.4) is 0 Å². The zero-order valence-corrected chi connectivity index (χ0v) is 22.4. The van der Waals surface area contributed by atoms with Gasteiger partial charge < -0.3 is 14.8 Å². The van der Waals surface area contributed by atoms with E-state index in [1.165, 1.54) is 12.0 Å². The maximum Gasteiger partial charge on any atom is 0.341 e. The molecule has 0 saturated heterocycles. The second kappa shape index (κ2) is 10.6. The molecule has 0 amide bonds. The number of anilines is 2. The molecule has 6 nitrogen and oxygen atoms in total. The highest BCUT2D eigenvalue weighted by Crippen LogP contribution is 2.38. The molecule has 4 aromatic rings. The van der Waals surface area contributed by atoms with Gasteiger partial charge in [-0.2, -0.15) is 0 Å². The number of hydrogen-bond acceptors (Lipinski definition) is 8. The van der Waals surface area contributed by atoms with Crippen LogP contribution >= 0.6 is 22.7 Å². The van der Waals surface area contributed by atoms with E-state index in [0.717, 1.165) is 45.0 Å². The molecule has 3 aromatic heterocycles. The quantitative estimate of drug-likeness (QED) is 0.253. The molecule has 182 valence electrons. The zero-order chi connectivity index (χ0) is 25.1. The van der Waals surface area contributed by atoms with Crippen LogP contribution in [0.2, 0.25) is 0 Å². The first kappa shape index (κ1) is 24.9. The van der Waals surface area contributed by atoms with Crippen molar-refractivity contribution in [3.05, 3.63) is 63.5 Å². The monoisotopic (exact) mass is 507 g/mol. The molecule has 1 aromatic carbocycles. The fourth-order valence-corrected chi connectivity index (χ4v) is 5.96. The summed E-state index contributed by atoms with van der Waals surface area (Å²) in [6, 6.07) is 10.0. The highest BCUT2D eigenvalue weighted by atomic mass is 32.1. The van der Waals surface area contributed by atoms with Gasteiger partial charge >= 0.3 is 5.97 Å². The molecule has 0 aliphatic heterocycles. The number of aromatic nitrogens is 2. The van der Waals surface area contributed by atoms with Crippen molar-refractivity contribution < 1.29 is 14.3 Å². The smallest absolute Gasteiger partial charge is 0.341 e. The largest absolute Gasteiger partial charge is 0.496 e. The molecule has 0 bridgehead atoms. The van der Waals surface area contributed by atoms with Crippen LogP contribution in [-0.2, 0) is 11.2 Å². The Bertz CT molecular complexity index is 1320. The molecule has 0 aliphatic rings. The minimum absolute atomic E-state index is 0.372. The van der Waals surface area contributed by atoms with Gasteiger partial charge in [-0.15, -0.1) is 22.7 Å². The number of ether oxygens (including phenoxy) is 2. The maximum absolute atomic E-state index is 12.6. The van der Waals surface area contributed by atoms with Gasteiger partial charge in [-0.05, 0) is 67.0 Å². The molecule has 3 heterocycles. The Balaban J connectivity index is 1.75. The number of aryl methyl sites for hydroxylation is 2. The molecule has 0 unspecified atom stereocenters.